The molecule has 0 aliphatic rings. The minimum atomic E-state index is -1.08. The predicted octanol–water partition coefficient (Wildman–Crippen LogP) is -2.41. The Morgan fingerprint density at radius 2 is 1.86 bits per heavy atom. The average molecular weight is 103 g/mol. The van der Waals surface area contributed by atoms with E-state index in [2.05, 4.69) is 0 Å². The lowest BCUT2D eigenvalue weighted by Crippen LogP contribution is -2.27. The molecule has 0 atom stereocenters. The van der Waals surface area contributed by atoms with E-state index in [0.717, 1.165) is 6.92 Å². The summed E-state index contributed by atoms with van der Waals surface area (Å²) >= 11 is 0. The number of carbonyl (C=O) groups excluding carboxylic acids is 1. The van der Waals surface area contributed by atoms with Crippen molar-refractivity contribution in [2.75, 3.05) is 0 Å². The first-order valence-electron chi connectivity index (χ1n) is 1.82. The van der Waals surface area contributed by atoms with Gasteiger partial charge in [-0.05, 0) is 6.92 Å². The fraction of sp³-hybridized carbons (Fsp3) is 0.500. The molecular formula is C4H9NO2. The fourth-order valence-corrected chi connectivity index (χ4v) is 0. The van der Waals surface area contributed by atoms with Gasteiger partial charge in [0.15, 0.2) is 0 Å². The van der Waals surface area contributed by atoms with Crippen molar-refractivity contribution in [2.24, 2.45) is 0 Å². The van der Waals surface area contributed by atoms with Crippen molar-refractivity contribution in [3.8, 4) is 0 Å². The van der Waals surface area contributed by atoms with Crippen LogP contribution in [0.3, 0.4) is 0 Å². The maximum absolute atomic E-state index is 8.89. The minimum Gasteiger partial charge on any atom is -0.550 e. The Labute approximate surface area is 42.5 Å². The molecule has 0 aromatic heterocycles. The van der Waals surface area contributed by atoms with Crippen LogP contribution in [-0.4, -0.2) is 12.2 Å². The molecule has 0 radical (unpaired) electrons. The van der Waals surface area contributed by atoms with Crippen LogP contribution in [-0.2, 0) is 4.79 Å². The van der Waals surface area contributed by atoms with Crippen molar-refractivity contribution in [1.82, 2.24) is 0 Å². The normalized spacial score (nSPS) is 5.43. The van der Waals surface area contributed by atoms with Gasteiger partial charge in [0.05, 0.1) is 0 Å². The van der Waals surface area contributed by atoms with E-state index in [1.54, 1.807) is 6.92 Å². The molecule has 42 valence electrons. The number of aliphatic carboxylic acids is 1. The molecule has 0 saturated carbocycles. The van der Waals surface area contributed by atoms with E-state index in [1.165, 1.54) is 6.21 Å². The molecule has 7 heavy (non-hydrogen) atoms. The molecule has 0 aliphatic carbocycles. The van der Waals surface area contributed by atoms with Gasteiger partial charge in [-0.1, -0.05) is 0 Å². The molecular weight excluding hydrogens is 94.0 g/mol. The summed E-state index contributed by atoms with van der Waals surface area (Å²) in [4.78, 5) is 8.89. The Hall–Kier alpha value is -0.860. The molecule has 0 heterocycles. The molecule has 0 rings (SSSR count). The standard InChI is InChI=1S/C2H5N.C2H4O2/c1-2-3;1-2(3)4/h2-3H,1H3;1H3,(H,3,4). The highest BCUT2D eigenvalue weighted by Gasteiger charge is 1.46. The topological polar surface area (TPSA) is 65.7 Å². The molecule has 0 unspecified atom stereocenters. The van der Waals surface area contributed by atoms with Gasteiger partial charge < -0.3 is 9.90 Å². The van der Waals surface area contributed by atoms with Crippen molar-refractivity contribution in [3.63, 3.8) is 0 Å². The first kappa shape index (κ1) is 9.46. The summed E-state index contributed by atoms with van der Waals surface area (Å²) in [6.45, 7) is 2.75. The van der Waals surface area contributed by atoms with Crippen LogP contribution in [0.15, 0.2) is 0 Å². The van der Waals surface area contributed by atoms with Crippen LogP contribution in [0.2, 0.25) is 0 Å². The van der Waals surface area contributed by atoms with Crippen molar-refractivity contribution in [1.29, 1.82) is 0 Å². The lowest BCUT2D eigenvalue weighted by atomic mass is 10.9. The summed E-state index contributed by atoms with van der Waals surface area (Å²) in [5, 5.41) is 13.6. The quantitative estimate of drug-likeness (QED) is 0.347. The van der Waals surface area contributed by atoms with Crippen LogP contribution in [0.1, 0.15) is 13.8 Å². The Bertz CT molecular complexity index is 56.7. The summed E-state index contributed by atoms with van der Waals surface area (Å²) in [6, 6.07) is 0. The maximum atomic E-state index is 8.89. The molecule has 0 amide bonds. The molecule has 3 nitrogen and oxygen atoms in total. The van der Waals surface area contributed by atoms with Gasteiger partial charge in [-0.15, -0.1) is 0 Å². The van der Waals surface area contributed by atoms with E-state index < -0.39 is 5.97 Å². The van der Waals surface area contributed by atoms with Crippen molar-refractivity contribution in [3.05, 3.63) is 0 Å². The molecule has 0 aromatic rings. The van der Waals surface area contributed by atoms with Crippen LogP contribution in [0.25, 0.3) is 0 Å². The van der Waals surface area contributed by atoms with Crippen LogP contribution < -0.4 is 10.5 Å². The third-order valence-electron chi connectivity index (χ3n) is 0. The molecule has 0 fully saturated rings. The average Bonchev–Trinajstić information content (AvgIpc) is 1.33. The lowest BCUT2D eigenvalue weighted by Gasteiger charge is -1.77. The van der Waals surface area contributed by atoms with E-state index in [4.69, 9.17) is 15.3 Å². The summed E-state index contributed by atoms with van der Waals surface area (Å²) in [7, 11) is 0. The zero-order valence-corrected chi connectivity index (χ0v) is 4.47. The van der Waals surface area contributed by atoms with E-state index in [0.29, 0.717) is 0 Å². The zero-order valence-electron chi connectivity index (χ0n) is 4.47. The monoisotopic (exact) mass is 103 g/mol. The third-order valence-corrected chi connectivity index (χ3v) is 0. The highest BCUT2D eigenvalue weighted by atomic mass is 16.4. The van der Waals surface area contributed by atoms with Crippen LogP contribution in [0.5, 0.6) is 0 Å². The lowest BCUT2D eigenvalue weighted by molar-refractivity contribution is -0.302. The van der Waals surface area contributed by atoms with Crippen LogP contribution in [0.4, 0.5) is 0 Å². The van der Waals surface area contributed by atoms with Gasteiger partial charge in [0.2, 0.25) is 0 Å². The predicted molar refractivity (Wildman–Crippen MR) is 24.3 cm³/mol. The van der Waals surface area contributed by atoms with Crippen molar-refractivity contribution >= 4 is 12.2 Å². The Kier molecular flexibility index (Phi) is 12.1. The van der Waals surface area contributed by atoms with Gasteiger partial charge in [0, 0.05) is 12.9 Å². The van der Waals surface area contributed by atoms with Crippen molar-refractivity contribution in [2.45, 2.75) is 13.8 Å². The van der Waals surface area contributed by atoms with Gasteiger partial charge in [-0.3, -0.25) is 5.41 Å². The van der Waals surface area contributed by atoms with Gasteiger partial charge in [0.1, 0.15) is 6.21 Å². The highest BCUT2D eigenvalue weighted by Crippen LogP contribution is 1.31. The van der Waals surface area contributed by atoms with E-state index in [9.17, 15) is 0 Å². The maximum Gasteiger partial charge on any atom is 0.133 e. The SMILES string of the molecule is CC(=O)[O-].CC=[NH2+]. The number of carboxylic acid groups (broad SMARTS) is 1. The smallest absolute Gasteiger partial charge is 0.133 e. The third kappa shape index (κ3) is 68.5. The molecule has 0 saturated heterocycles. The van der Waals surface area contributed by atoms with Gasteiger partial charge in [-0.2, -0.15) is 0 Å². The molecule has 0 aromatic carbocycles. The van der Waals surface area contributed by atoms with Crippen molar-refractivity contribution < 1.29 is 15.3 Å². The number of carbonyl (C=O) groups is 1. The van der Waals surface area contributed by atoms with Gasteiger partial charge in [-0.25, -0.2) is 0 Å². The van der Waals surface area contributed by atoms with E-state index in [1.807, 2.05) is 0 Å². The summed E-state index contributed by atoms with van der Waals surface area (Å²) < 4.78 is 0. The summed E-state index contributed by atoms with van der Waals surface area (Å²) in [6.07, 6.45) is 1.50. The minimum absolute atomic E-state index is 0.972. The second kappa shape index (κ2) is 8.94. The molecule has 0 aliphatic heterocycles. The molecule has 2 N–H and O–H groups in total. The van der Waals surface area contributed by atoms with E-state index >= 15 is 0 Å². The number of rotatable bonds is 0. The van der Waals surface area contributed by atoms with E-state index in [-0.39, 0.29) is 0 Å². The Morgan fingerprint density at radius 1 is 1.86 bits per heavy atom. The largest absolute Gasteiger partial charge is 0.550 e. The van der Waals surface area contributed by atoms with Crippen LogP contribution >= 0.6 is 0 Å². The molecule has 0 bridgehead atoms. The summed E-state index contributed by atoms with van der Waals surface area (Å²) in [5.41, 5.74) is 0. The fourth-order valence-electron chi connectivity index (χ4n) is 0. The Balaban J connectivity index is 0. The Morgan fingerprint density at radius 3 is 1.86 bits per heavy atom. The number of hydrogen-bond acceptors (Lipinski definition) is 2. The van der Waals surface area contributed by atoms with Gasteiger partial charge in [0.25, 0.3) is 0 Å². The first-order valence-corrected chi connectivity index (χ1v) is 1.82. The molecule has 0 spiro atoms. The molecule has 3 heteroatoms. The summed E-state index contributed by atoms with van der Waals surface area (Å²) in [5.74, 6) is -1.08. The second-order valence-electron chi connectivity index (χ2n) is 0.825. The first-order chi connectivity index (χ1) is 3.15. The zero-order chi connectivity index (χ0) is 6.28. The van der Waals surface area contributed by atoms with Gasteiger partial charge >= 0.3 is 0 Å². The highest BCUT2D eigenvalue weighted by molar-refractivity contribution is 5.60. The second-order valence-corrected chi connectivity index (χ2v) is 0.825. The number of hydrogen-bond donors (Lipinski definition) is 1. The number of carboxylic acids is 1. The van der Waals surface area contributed by atoms with Crippen LogP contribution in [0, 0.1) is 0 Å². The number of nitrogens with two attached hydrogens (primary N) is 1.